The topological polar surface area (TPSA) is 75.1 Å². The largest absolute Gasteiger partial charge is 0.476 e. The Labute approximate surface area is 118 Å². The lowest BCUT2D eigenvalue weighted by Gasteiger charge is -2.15. The summed E-state index contributed by atoms with van der Waals surface area (Å²) in [5.41, 5.74) is 0.989. The molecule has 1 aromatic heterocycles. The number of aromatic nitrogens is 2. The van der Waals surface area contributed by atoms with Gasteiger partial charge in [0.05, 0.1) is 18.4 Å². The van der Waals surface area contributed by atoms with Gasteiger partial charge in [0.25, 0.3) is 0 Å². The van der Waals surface area contributed by atoms with Gasteiger partial charge in [-0.3, -0.25) is 4.98 Å². The van der Waals surface area contributed by atoms with Crippen LogP contribution in [0.2, 0.25) is 0 Å². The first-order valence-electron chi connectivity index (χ1n) is 5.63. The zero-order valence-corrected chi connectivity index (χ0v) is 11.8. The fourth-order valence-electron chi connectivity index (χ4n) is 1.62. The highest BCUT2D eigenvalue weighted by atomic mass is 79.9. The van der Waals surface area contributed by atoms with Crippen LogP contribution in [0.1, 0.15) is 29.0 Å². The highest BCUT2D eigenvalue weighted by Crippen LogP contribution is 2.20. The fraction of sp³-hybridized carbons (Fsp3) is 0.154. The van der Waals surface area contributed by atoms with E-state index in [0.29, 0.717) is 5.82 Å². The Morgan fingerprint density at radius 3 is 2.89 bits per heavy atom. The van der Waals surface area contributed by atoms with E-state index in [4.69, 9.17) is 5.11 Å². The summed E-state index contributed by atoms with van der Waals surface area (Å²) in [5.74, 6) is -0.654. The van der Waals surface area contributed by atoms with Crippen molar-refractivity contribution >= 4 is 27.7 Å². The molecule has 2 aromatic rings. The van der Waals surface area contributed by atoms with Gasteiger partial charge in [-0.2, -0.15) is 0 Å². The molecule has 0 amide bonds. The van der Waals surface area contributed by atoms with Gasteiger partial charge in [-0.1, -0.05) is 28.1 Å². The van der Waals surface area contributed by atoms with E-state index in [1.54, 1.807) is 0 Å². The molecule has 0 aliphatic heterocycles. The molecule has 6 heteroatoms. The van der Waals surface area contributed by atoms with Crippen LogP contribution >= 0.6 is 15.9 Å². The highest BCUT2D eigenvalue weighted by Gasteiger charge is 2.09. The van der Waals surface area contributed by atoms with E-state index < -0.39 is 5.97 Å². The molecule has 1 atom stereocenters. The summed E-state index contributed by atoms with van der Waals surface area (Å²) in [6.45, 7) is 1.97. The molecule has 5 nitrogen and oxygen atoms in total. The number of rotatable bonds is 4. The normalized spacial score (nSPS) is 11.9. The number of nitrogens with one attached hydrogen (secondary N) is 1. The molecule has 98 valence electrons. The van der Waals surface area contributed by atoms with Crippen LogP contribution in [-0.2, 0) is 0 Å². The second-order valence-corrected chi connectivity index (χ2v) is 4.93. The number of nitrogens with zero attached hydrogens (tertiary/aromatic N) is 2. The van der Waals surface area contributed by atoms with E-state index in [0.717, 1.165) is 10.0 Å². The van der Waals surface area contributed by atoms with E-state index >= 15 is 0 Å². The predicted octanol–water partition coefficient (Wildman–Crippen LogP) is 3.11. The van der Waals surface area contributed by atoms with E-state index in [-0.39, 0.29) is 11.7 Å². The van der Waals surface area contributed by atoms with Crippen molar-refractivity contribution in [2.45, 2.75) is 13.0 Å². The van der Waals surface area contributed by atoms with Crippen molar-refractivity contribution < 1.29 is 9.90 Å². The quantitative estimate of drug-likeness (QED) is 0.905. The number of carboxylic acid groups (broad SMARTS) is 1. The number of carbonyl (C=O) groups is 1. The van der Waals surface area contributed by atoms with E-state index in [1.165, 1.54) is 12.4 Å². The average molecular weight is 322 g/mol. The minimum Gasteiger partial charge on any atom is -0.476 e. The first kappa shape index (κ1) is 13.5. The van der Waals surface area contributed by atoms with E-state index in [2.05, 4.69) is 31.2 Å². The predicted molar refractivity (Wildman–Crippen MR) is 75.2 cm³/mol. The first-order valence-corrected chi connectivity index (χ1v) is 6.43. The standard InChI is InChI=1S/C13H12BrN3O2/c1-8(9-3-2-4-10(14)5-9)16-12-7-15-6-11(17-12)13(18)19/h2-8H,1H3,(H,16,17)(H,18,19). The second-order valence-electron chi connectivity index (χ2n) is 4.02. The van der Waals surface area contributed by atoms with Crippen molar-refractivity contribution in [3.05, 3.63) is 52.4 Å². The number of carboxylic acids is 1. The molecule has 2 N–H and O–H groups in total. The van der Waals surface area contributed by atoms with Crippen molar-refractivity contribution in [1.82, 2.24) is 9.97 Å². The molecule has 0 saturated carbocycles. The number of aromatic carboxylic acids is 1. The van der Waals surface area contributed by atoms with Gasteiger partial charge in [0.1, 0.15) is 5.82 Å². The number of anilines is 1. The lowest BCUT2D eigenvalue weighted by atomic mass is 10.1. The lowest BCUT2D eigenvalue weighted by molar-refractivity contribution is 0.0690. The molecule has 1 unspecified atom stereocenters. The molecule has 0 saturated heterocycles. The van der Waals surface area contributed by atoms with Crippen LogP contribution in [0.25, 0.3) is 0 Å². The van der Waals surface area contributed by atoms with Crippen LogP contribution in [0.5, 0.6) is 0 Å². The van der Waals surface area contributed by atoms with Gasteiger partial charge >= 0.3 is 5.97 Å². The molecular weight excluding hydrogens is 310 g/mol. The van der Waals surface area contributed by atoms with Gasteiger partial charge in [0.15, 0.2) is 5.69 Å². The first-order chi connectivity index (χ1) is 9.06. The molecule has 0 bridgehead atoms. The maximum Gasteiger partial charge on any atom is 0.356 e. The third-order valence-electron chi connectivity index (χ3n) is 2.57. The maximum atomic E-state index is 10.8. The van der Waals surface area contributed by atoms with Crippen molar-refractivity contribution in [2.75, 3.05) is 5.32 Å². The van der Waals surface area contributed by atoms with Crippen LogP contribution in [-0.4, -0.2) is 21.0 Å². The number of benzene rings is 1. The minimum atomic E-state index is -1.09. The van der Waals surface area contributed by atoms with Gasteiger partial charge in [-0.25, -0.2) is 9.78 Å². The molecule has 0 aliphatic rings. The van der Waals surface area contributed by atoms with Crippen molar-refractivity contribution in [3.8, 4) is 0 Å². The Hall–Kier alpha value is -1.95. The Morgan fingerprint density at radius 1 is 1.42 bits per heavy atom. The van der Waals surface area contributed by atoms with Crippen molar-refractivity contribution in [3.63, 3.8) is 0 Å². The Kier molecular flexibility index (Phi) is 4.11. The summed E-state index contributed by atoms with van der Waals surface area (Å²) in [6, 6.07) is 7.86. The molecule has 1 heterocycles. The molecule has 0 fully saturated rings. The van der Waals surface area contributed by atoms with Gasteiger partial charge in [0, 0.05) is 4.47 Å². The average Bonchev–Trinajstić information content (AvgIpc) is 2.39. The van der Waals surface area contributed by atoms with Gasteiger partial charge in [0.2, 0.25) is 0 Å². The van der Waals surface area contributed by atoms with Crippen LogP contribution in [0, 0.1) is 0 Å². The summed E-state index contributed by atoms with van der Waals surface area (Å²) in [7, 11) is 0. The minimum absolute atomic E-state index is 0.00385. The maximum absolute atomic E-state index is 10.8. The van der Waals surface area contributed by atoms with Gasteiger partial charge in [-0.15, -0.1) is 0 Å². The summed E-state index contributed by atoms with van der Waals surface area (Å²) < 4.78 is 0.990. The van der Waals surface area contributed by atoms with Crippen LogP contribution in [0.3, 0.4) is 0 Å². The number of hydrogen-bond donors (Lipinski definition) is 2. The summed E-state index contributed by atoms with van der Waals surface area (Å²) >= 11 is 3.41. The summed E-state index contributed by atoms with van der Waals surface area (Å²) in [6.07, 6.45) is 2.72. The lowest BCUT2D eigenvalue weighted by Crippen LogP contribution is -2.10. The SMILES string of the molecule is CC(Nc1cncc(C(=O)O)n1)c1cccc(Br)c1. The zero-order valence-electron chi connectivity index (χ0n) is 10.2. The fourth-order valence-corrected chi connectivity index (χ4v) is 2.04. The number of hydrogen-bond acceptors (Lipinski definition) is 4. The van der Waals surface area contributed by atoms with E-state index in [9.17, 15) is 4.79 Å². The van der Waals surface area contributed by atoms with Gasteiger partial charge < -0.3 is 10.4 Å². The second kappa shape index (κ2) is 5.79. The molecular formula is C13H12BrN3O2. The number of halogens is 1. The molecule has 0 spiro atoms. The Morgan fingerprint density at radius 2 is 2.21 bits per heavy atom. The third kappa shape index (κ3) is 3.51. The van der Waals surface area contributed by atoms with Crippen molar-refractivity contribution in [1.29, 1.82) is 0 Å². The zero-order chi connectivity index (χ0) is 13.8. The molecule has 2 rings (SSSR count). The summed E-state index contributed by atoms with van der Waals surface area (Å²) in [4.78, 5) is 18.6. The highest BCUT2D eigenvalue weighted by molar-refractivity contribution is 9.10. The Balaban J connectivity index is 2.17. The van der Waals surface area contributed by atoms with Crippen LogP contribution in [0.15, 0.2) is 41.1 Å². The monoisotopic (exact) mass is 321 g/mol. The molecule has 0 radical (unpaired) electrons. The Bertz CT molecular complexity index is 604. The van der Waals surface area contributed by atoms with Gasteiger partial charge in [-0.05, 0) is 24.6 Å². The molecule has 19 heavy (non-hydrogen) atoms. The van der Waals surface area contributed by atoms with E-state index in [1.807, 2.05) is 31.2 Å². The smallest absolute Gasteiger partial charge is 0.356 e. The molecule has 1 aromatic carbocycles. The van der Waals surface area contributed by atoms with Crippen LogP contribution in [0.4, 0.5) is 5.82 Å². The van der Waals surface area contributed by atoms with Crippen molar-refractivity contribution in [2.24, 2.45) is 0 Å². The molecule has 0 aliphatic carbocycles. The third-order valence-corrected chi connectivity index (χ3v) is 3.06. The summed E-state index contributed by atoms with van der Waals surface area (Å²) in [5, 5.41) is 12.0. The van der Waals surface area contributed by atoms with Crippen LogP contribution < -0.4 is 5.32 Å².